The molecule has 1 saturated heterocycles. The van der Waals surface area contributed by atoms with Crippen LogP contribution in [0, 0.1) is 0 Å². The second-order valence-electron chi connectivity index (χ2n) is 3.93. The van der Waals surface area contributed by atoms with Crippen molar-refractivity contribution in [3.05, 3.63) is 18.3 Å². The number of nitrogens with zero attached hydrogens (tertiary/aromatic N) is 3. The third kappa shape index (κ3) is 1.83. The van der Waals surface area contributed by atoms with Gasteiger partial charge >= 0.3 is 0 Å². The Labute approximate surface area is 99.5 Å². The van der Waals surface area contributed by atoms with Crippen LogP contribution in [0.5, 0.6) is 0 Å². The smallest absolute Gasteiger partial charge is 0.205 e. The van der Waals surface area contributed by atoms with Crippen molar-refractivity contribution < 1.29 is 0 Å². The topological polar surface area (TPSA) is 70.8 Å². The molecule has 0 aromatic carbocycles. The predicted octanol–water partition coefficient (Wildman–Crippen LogP) is 0.917. The van der Waals surface area contributed by atoms with Gasteiger partial charge < -0.3 is 15.6 Å². The highest BCUT2D eigenvalue weighted by Crippen LogP contribution is 2.18. The Morgan fingerprint density at radius 3 is 3.06 bits per heavy atom. The van der Waals surface area contributed by atoms with Crippen LogP contribution in [0.3, 0.4) is 0 Å². The van der Waals surface area contributed by atoms with Gasteiger partial charge in [0.1, 0.15) is 0 Å². The molecular weight excluding hydrogens is 226 g/mol. The van der Waals surface area contributed by atoms with Crippen LogP contribution in [-0.4, -0.2) is 34.1 Å². The summed E-state index contributed by atoms with van der Waals surface area (Å²) in [6, 6.07) is 4.15. The number of aromatic nitrogens is 3. The molecule has 0 saturated carbocycles. The highest BCUT2D eigenvalue weighted by Gasteiger charge is 2.21. The summed E-state index contributed by atoms with van der Waals surface area (Å²) in [7, 11) is 0. The molecule has 86 valence electrons. The Bertz CT molecular complexity index is 450. The largest absolute Gasteiger partial charge is 0.341 e. The minimum Gasteiger partial charge on any atom is -0.341 e. The zero-order chi connectivity index (χ0) is 10.3. The number of H-pyrrole nitrogens is 1. The number of halogens is 1. The van der Waals surface area contributed by atoms with E-state index < -0.39 is 0 Å². The maximum atomic E-state index is 5.86. The molecule has 1 aliphatic heterocycles. The zero-order valence-corrected chi connectivity index (χ0v) is 9.57. The standard InChI is InChI=1S/C10H13N5.ClH/c11-7-3-5-15(6-7)10-13-8-2-1-4-12-9(8)14-10;/h1-2,4,7H,3,5-6,11H2,(H,12,13,14);1H/t7-;/m0./s1. The summed E-state index contributed by atoms with van der Waals surface area (Å²) >= 11 is 0. The van der Waals surface area contributed by atoms with Crippen LogP contribution in [0.15, 0.2) is 18.3 Å². The van der Waals surface area contributed by atoms with Crippen molar-refractivity contribution in [2.45, 2.75) is 12.5 Å². The molecule has 2 aromatic rings. The fourth-order valence-corrected chi connectivity index (χ4v) is 1.96. The third-order valence-corrected chi connectivity index (χ3v) is 2.77. The van der Waals surface area contributed by atoms with Crippen molar-refractivity contribution in [3.8, 4) is 0 Å². The number of fused-ring (bicyclic) bond motifs is 1. The van der Waals surface area contributed by atoms with Gasteiger partial charge in [0.15, 0.2) is 5.65 Å². The molecule has 0 aliphatic carbocycles. The lowest BCUT2D eigenvalue weighted by Gasteiger charge is -2.12. The Kier molecular flexibility index (Phi) is 2.98. The van der Waals surface area contributed by atoms with Gasteiger partial charge in [0.2, 0.25) is 5.95 Å². The average Bonchev–Trinajstić information content (AvgIpc) is 2.82. The van der Waals surface area contributed by atoms with E-state index in [0.717, 1.165) is 36.6 Å². The van der Waals surface area contributed by atoms with Crippen molar-refractivity contribution >= 4 is 29.5 Å². The number of aromatic amines is 1. The van der Waals surface area contributed by atoms with E-state index in [-0.39, 0.29) is 18.4 Å². The first kappa shape index (κ1) is 11.2. The van der Waals surface area contributed by atoms with E-state index in [9.17, 15) is 0 Å². The molecule has 0 spiro atoms. The van der Waals surface area contributed by atoms with Crippen molar-refractivity contribution in [2.75, 3.05) is 18.0 Å². The normalized spacial score (nSPS) is 20.1. The summed E-state index contributed by atoms with van der Waals surface area (Å²) in [6.07, 6.45) is 2.78. The van der Waals surface area contributed by atoms with E-state index >= 15 is 0 Å². The number of nitrogens with two attached hydrogens (primary N) is 1. The molecule has 0 radical (unpaired) electrons. The van der Waals surface area contributed by atoms with Crippen LogP contribution in [0.2, 0.25) is 0 Å². The minimum absolute atomic E-state index is 0. The number of hydrogen-bond donors (Lipinski definition) is 2. The molecular formula is C10H14ClN5. The summed E-state index contributed by atoms with van der Waals surface area (Å²) in [4.78, 5) is 14.1. The van der Waals surface area contributed by atoms with Crippen molar-refractivity contribution in [2.24, 2.45) is 5.73 Å². The van der Waals surface area contributed by atoms with Crippen molar-refractivity contribution in [1.82, 2.24) is 15.0 Å². The number of hydrogen-bond acceptors (Lipinski definition) is 4. The first-order valence-corrected chi connectivity index (χ1v) is 5.14. The van der Waals surface area contributed by atoms with Gasteiger partial charge in [0.05, 0.1) is 5.52 Å². The molecule has 1 atom stereocenters. The molecule has 3 N–H and O–H groups in total. The zero-order valence-electron chi connectivity index (χ0n) is 8.76. The fourth-order valence-electron chi connectivity index (χ4n) is 1.96. The van der Waals surface area contributed by atoms with Crippen LogP contribution in [0.25, 0.3) is 11.2 Å². The number of pyridine rings is 1. The highest BCUT2D eigenvalue weighted by atomic mass is 35.5. The lowest BCUT2D eigenvalue weighted by Crippen LogP contribution is -2.26. The molecule has 16 heavy (non-hydrogen) atoms. The minimum atomic E-state index is 0. The number of imidazole rings is 1. The van der Waals surface area contributed by atoms with E-state index in [1.54, 1.807) is 6.20 Å². The summed E-state index contributed by atoms with van der Waals surface area (Å²) < 4.78 is 0. The molecule has 0 bridgehead atoms. The fraction of sp³-hybridized carbons (Fsp3) is 0.400. The maximum Gasteiger partial charge on any atom is 0.205 e. The van der Waals surface area contributed by atoms with Crippen LogP contribution < -0.4 is 10.6 Å². The second kappa shape index (κ2) is 4.27. The quantitative estimate of drug-likeness (QED) is 0.776. The summed E-state index contributed by atoms with van der Waals surface area (Å²) in [5, 5.41) is 0. The van der Waals surface area contributed by atoms with Crippen LogP contribution >= 0.6 is 12.4 Å². The summed E-state index contributed by atoms with van der Waals surface area (Å²) in [5.41, 5.74) is 7.61. The van der Waals surface area contributed by atoms with Gasteiger partial charge in [0, 0.05) is 25.3 Å². The lowest BCUT2D eigenvalue weighted by molar-refractivity contribution is 0.751. The van der Waals surface area contributed by atoms with E-state index in [1.165, 1.54) is 0 Å². The summed E-state index contributed by atoms with van der Waals surface area (Å²) in [5.74, 6) is 0.886. The number of anilines is 1. The molecule has 1 aliphatic rings. The SMILES string of the molecule is Cl.N[C@H]1CCN(c2nc3ncccc3[nH]2)C1. The second-order valence-corrected chi connectivity index (χ2v) is 3.93. The third-order valence-electron chi connectivity index (χ3n) is 2.77. The van der Waals surface area contributed by atoms with Gasteiger partial charge in [-0.1, -0.05) is 0 Å². The molecule has 0 unspecified atom stereocenters. The van der Waals surface area contributed by atoms with Gasteiger partial charge in [-0.2, -0.15) is 4.98 Å². The van der Waals surface area contributed by atoms with Crippen LogP contribution in [0.1, 0.15) is 6.42 Å². The van der Waals surface area contributed by atoms with Crippen LogP contribution in [-0.2, 0) is 0 Å². The molecule has 2 aromatic heterocycles. The molecule has 3 rings (SSSR count). The molecule has 0 amide bonds. The molecule has 5 nitrogen and oxygen atoms in total. The van der Waals surface area contributed by atoms with Gasteiger partial charge in [-0.15, -0.1) is 12.4 Å². The van der Waals surface area contributed by atoms with Crippen molar-refractivity contribution in [3.63, 3.8) is 0 Å². The Morgan fingerprint density at radius 2 is 2.38 bits per heavy atom. The van der Waals surface area contributed by atoms with Gasteiger partial charge in [-0.25, -0.2) is 4.98 Å². The Balaban J connectivity index is 0.000000963. The van der Waals surface area contributed by atoms with Crippen molar-refractivity contribution in [1.29, 1.82) is 0 Å². The lowest BCUT2D eigenvalue weighted by atomic mass is 10.3. The molecule has 6 heteroatoms. The first-order valence-electron chi connectivity index (χ1n) is 5.14. The van der Waals surface area contributed by atoms with E-state index in [1.807, 2.05) is 12.1 Å². The van der Waals surface area contributed by atoms with E-state index in [0.29, 0.717) is 0 Å². The number of nitrogens with one attached hydrogen (secondary N) is 1. The number of rotatable bonds is 1. The van der Waals surface area contributed by atoms with Crippen LogP contribution in [0.4, 0.5) is 5.95 Å². The summed E-state index contributed by atoms with van der Waals surface area (Å²) in [6.45, 7) is 1.85. The molecule has 3 heterocycles. The highest BCUT2D eigenvalue weighted by molar-refractivity contribution is 5.85. The monoisotopic (exact) mass is 239 g/mol. The predicted molar refractivity (Wildman–Crippen MR) is 65.9 cm³/mol. The maximum absolute atomic E-state index is 5.86. The Morgan fingerprint density at radius 1 is 1.50 bits per heavy atom. The Hall–Kier alpha value is -1.33. The van der Waals surface area contributed by atoms with E-state index in [2.05, 4.69) is 19.9 Å². The molecule has 1 fully saturated rings. The van der Waals surface area contributed by atoms with Gasteiger partial charge in [0.25, 0.3) is 0 Å². The van der Waals surface area contributed by atoms with Gasteiger partial charge in [-0.05, 0) is 18.6 Å². The van der Waals surface area contributed by atoms with Gasteiger partial charge in [-0.3, -0.25) is 0 Å². The first-order chi connectivity index (χ1) is 7.33. The average molecular weight is 240 g/mol. The van der Waals surface area contributed by atoms with E-state index in [4.69, 9.17) is 5.73 Å².